The summed E-state index contributed by atoms with van der Waals surface area (Å²) in [5.74, 6) is 0.864. The normalized spacial score (nSPS) is 15.3. The van der Waals surface area contributed by atoms with Crippen molar-refractivity contribution in [1.29, 1.82) is 0 Å². The lowest BCUT2D eigenvalue weighted by Crippen LogP contribution is -2.48. The van der Waals surface area contributed by atoms with E-state index in [1.807, 2.05) is 13.8 Å². The first kappa shape index (κ1) is 23.7. The fraction of sp³-hybridized carbons (Fsp3) is 0.435. The number of nitrogen functional groups attached to an aromatic ring is 1. The third kappa shape index (κ3) is 6.29. The van der Waals surface area contributed by atoms with E-state index < -0.39 is 5.54 Å². The highest BCUT2D eigenvalue weighted by Crippen LogP contribution is 2.26. The maximum atomic E-state index is 12.9. The van der Waals surface area contributed by atoms with E-state index in [2.05, 4.69) is 27.5 Å². The van der Waals surface area contributed by atoms with Gasteiger partial charge >= 0.3 is 0 Å². The molecule has 0 spiro atoms. The summed E-state index contributed by atoms with van der Waals surface area (Å²) in [6.07, 6.45) is 7.39. The molecule has 1 aliphatic carbocycles. The summed E-state index contributed by atoms with van der Waals surface area (Å²) in [5.41, 5.74) is 12.6. The van der Waals surface area contributed by atoms with Gasteiger partial charge in [0.1, 0.15) is 24.3 Å². The molecular weight excluding hydrogens is 426 g/mol. The highest BCUT2D eigenvalue weighted by molar-refractivity contribution is 7.79. The number of amidine groups is 1. The average Bonchev–Trinajstić information content (AvgIpc) is 2.78. The predicted octanol–water partition coefficient (Wildman–Crippen LogP) is 3.51. The van der Waals surface area contributed by atoms with Crippen molar-refractivity contribution < 1.29 is 14.3 Å². The molecule has 1 fully saturated rings. The minimum Gasteiger partial charge on any atom is -0.490 e. The lowest BCUT2D eigenvalue weighted by Gasteiger charge is -2.27. The first-order valence-corrected chi connectivity index (χ1v) is 11.1. The first-order chi connectivity index (χ1) is 15.3. The topological polar surface area (TPSA) is 125 Å². The monoisotopic (exact) mass is 457 g/mol. The molecule has 0 atom stereocenters. The lowest BCUT2D eigenvalue weighted by molar-refractivity contribution is 0.0879. The van der Waals surface area contributed by atoms with Gasteiger partial charge in [0.15, 0.2) is 0 Å². The Morgan fingerprint density at radius 3 is 2.75 bits per heavy atom. The Morgan fingerprint density at radius 1 is 1.28 bits per heavy atom. The number of hydrogen-bond acceptors (Lipinski definition) is 7. The molecule has 8 nitrogen and oxygen atoms in total. The Kier molecular flexibility index (Phi) is 7.84. The van der Waals surface area contributed by atoms with Crippen molar-refractivity contribution in [1.82, 2.24) is 10.3 Å². The fourth-order valence-corrected chi connectivity index (χ4v) is 3.74. The maximum absolute atomic E-state index is 12.9. The first-order valence-electron chi connectivity index (χ1n) is 10.7. The van der Waals surface area contributed by atoms with Crippen LogP contribution in [0.25, 0.3) is 0 Å². The van der Waals surface area contributed by atoms with Gasteiger partial charge in [0, 0.05) is 23.5 Å². The number of benzene rings is 1. The molecule has 32 heavy (non-hydrogen) atoms. The number of nitrogens with zero attached hydrogens (tertiary/aromatic N) is 2. The summed E-state index contributed by atoms with van der Waals surface area (Å²) < 4.78 is 15.6. The average molecular weight is 458 g/mol. The van der Waals surface area contributed by atoms with E-state index in [0.29, 0.717) is 28.4 Å². The van der Waals surface area contributed by atoms with Crippen molar-refractivity contribution in [2.24, 2.45) is 10.1 Å². The zero-order chi connectivity index (χ0) is 23.1. The van der Waals surface area contributed by atoms with Crippen molar-refractivity contribution in [2.45, 2.75) is 57.6 Å². The fourth-order valence-electron chi connectivity index (χ4n) is 3.64. The third-order valence-corrected chi connectivity index (χ3v) is 5.51. The molecule has 0 aliphatic heterocycles. The highest BCUT2D eigenvalue weighted by Gasteiger charge is 2.24. The molecule has 0 radical (unpaired) electrons. The number of thiol groups is 1. The molecule has 1 heterocycles. The molecule has 1 saturated carbocycles. The second-order valence-electron chi connectivity index (χ2n) is 8.59. The van der Waals surface area contributed by atoms with Gasteiger partial charge in [-0.25, -0.2) is 9.38 Å². The number of pyridine rings is 1. The summed E-state index contributed by atoms with van der Waals surface area (Å²) in [6.45, 7) is 3.92. The smallest absolute Gasteiger partial charge is 0.252 e. The van der Waals surface area contributed by atoms with E-state index in [9.17, 15) is 4.79 Å². The molecular formula is C23H31N5O3S. The van der Waals surface area contributed by atoms with Crippen LogP contribution < -0.4 is 26.3 Å². The van der Waals surface area contributed by atoms with Crippen LogP contribution in [0.3, 0.4) is 0 Å². The van der Waals surface area contributed by atoms with Crippen molar-refractivity contribution in [3.63, 3.8) is 0 Å². The van der Waals surface area contributed by atoms with Gasteiger partial charge in [-0.3, -0.25) is 4.79 Å². The lowest BCUT2D eigenvalue weighted by atomic mass is 9.98. The van der Waals surface area contributed by atoms with Crippen LogP contribution in [0.2, 0.25) is 0 Å². The number of hydrogen-bond donors (Lipinski definition) is 4. The molecule has 0 bridgehead atoms. The molecule has 5 N–H and O–H groups in total. The van der Waals surface area contributed by atoms with Crippen LogP contribution in [-0.4, -0.2) is 35.0 Å². The van der Waals surface area contributed by atoms with Crippen molar-refractivity contribution >= 4 is 30.2 Å². The van der Waals surface area contributed by atoms with Crippen molar-refractivity contribution in [3.8, 4) is 11.6 Å². The number of amides is 1. The number of carbonyl (C=O) groups is 1. The summed E-state index contributed by atoms with van der Waals surface area (Å²) in [7, 11) is 0. The van der Waals surface area contributed by atoms with E-state index in [0.717, 1.165) is 12.8 Å². The van der Waals surface area contributed by atoms with Gasteiger partial charge in [-0.2, -0.15) is 0 Å². The van der Waals surface area contributed by atoms with E-state index in [4.69, 9.17) is 20.9 Å². The number of carbonyl (C=O) groups excluding carboxylic acids is 1. The van der Waals surface area contributed by atoms with Gasteiger partial charge in [-0.05, 0) is 70.5 Å². The number of nitrogens with two attached hydrogens (primary N) is 2. The van der Waals surface area contributed by atoms with Gasteiger partial charge in [0.25, 0.3) is 5.91 Å². The number of rotatable bonds is 8. The van der Waals surface area contributed by atoms with Crippen LogP contribution in [0.15, 0.2) is 40.9 Å². The van der Waals surface area contributed by atoms with Gasteiger partial charge in [-0.15, -0.1) is 0 Å². The van der Waals surface area contributed by atoms with E-state index in [1.165, 1.54) is 19.3 Å². The van der Waals surface area contributed by atoms with Crippen molar-refractivity contribution in [3.05, 3.63) is 47.7 Å². The van der Waals surface area contributed by atoms with Crippen LogP contribution in [0.5, 0.6) is 11.6 Å². The molecule has 172 valence electrons. The molecule has 1 aliphatic rings. The number of anilines is 1. The van der Waals surface area contributed by atoms with Crippen LogP contribution in [0.1, 0.15) is 61.9 Å². The van der Waals surface area contributed by atoms with Crippen molar-refractivity contribution in [2.75, 3.05) is 12.3 Å². The van der Waals surface area contributed by atoms with Gasteiger partial charge in [-0.1, -0.05) is 12.5 Å². The molecule has 0 unspecified atom stereocenters. The molecule has 1 aromatic heterocycles. The molecule has 1 aromatic carbocycles. The van der Waals surface area contributed by atoms with Crippen LogP contribution >= 0.6 is 12.8 Å². The van der Waals surface area contributed by atoms with Crippen LogP contribution in [0, 0.1) is 0 Å². The quantitative estimate of drug-likeness (QED) is 0.208. The number of aromatic nitrogens is 1. The Balaban J connectivity index is 1.64. The number of nitrogens with one attached hydrogen (secondary N) is 1. The predicted molar refractivity (Wildman–Crippen MR) is 129 cm³/mol. The maximum Gasteiger partial charge on any atom is 0.252 e. The molecule has 1 amide bonds. The minimum atomic E-state index is -0.681. The summed E-state index contributed by atoms with van der Waals surface area (Å²) in [5, 5.41) is 3.00. The Morgan fingerprint density at radius 2 is 2.03 bits per heavy atom. The molecule has 2 aromatic rings. The molecule has 9 heteroatoms. The highest BCUT2D eigenvalue weighted by atomic mass is 32.1. The van der Waals surface area contributed by atoms with Gasteiger partial charge in [0.05, 0.1) is 11.1 Å². The van der Waals surface area contributed by atoms with Gasteiger partial charge < -0.3 is 26.3 Å². The standard InChI is InChI=1S/C23H31N5O3S/c1-23(2,14-30-18-10-6-9-17(24)20(18)21(25)28-32)27-22(29)15-11-12-26-19(13-15)31-16-7-4-3-5-8-16/h6,9-13,16,32H,3-5,7-8,14,24H2,1-2H3,(H2,25,28)(H,27,29). The third-order valence-electron chi connectivity index (χ3n) is 5.30. The molecule has 0 saturated heterocycles. The number of ether oxygens (including phenoxy) is 2. The van der Waals surface area contributed by atoms with Crippen LogP contribution in [-0.2, 0) is 0 Å². The van der Waals surface area contributed by atoms with Crippen LogP contribution in [0.4, 0.5) is 5.69 Å². The second kappa shape index (κ2) is 10.6. The zero-order valence-electron chi connectivity index (χ0n) is 18.5. The summed E-state index contributed by atoms with van der Waals surface area (Å²) in [4.78, 5) is 17.1. The Labute approximate surface area is 194 Å². The Hall–Kier alpha value is -2.94. The van der Waals surface area contributed by atoms with E-state index in [1.54, 1.807) is 36.5 Å². The summed E-state index contributed by atoms with van der Waals surface area (Å²) >= 11 is 3.86. The minimum absolute atomic E-state index is 0.158. The second-order valence-corrected chi connectivity index (χ2v) is 8.79. The van der Waals surface area contributed by atoms with E-state index in [-0.39, 0.29) is 24.5 Å². The SMILES string of the molecule is CC(C)(COc1cccc(N)c1/C(N)=N\S)NC(=O)c1ccnc(OC2CCCCC2)c1. The van der Waals surface area contributed by atoms with E-state index >= 15 is 0 Å². The van der Waals surface area contributed by atoms with Gasteiger partial charge in [0.2, 0.25) is 5.88 Å². The molecule has 3 rings (SSSR count). The largest absolute Gasteiger partial charge is 0.490 e. The summed E-state index contributed by atoms with van der Waals surface area (Å²) in [6, 6.07) is 8.56. The zero-order valence-corrected chi connectivity index (χ0v) is 19.4. The Bertz CT molecular complexity index is 974.